The van der Waals surface area contributed by atoms with Gasteiger partial charge in [0.2, 0.25) is 11.7 Å². The summed E-state index contributed by atoms with van der Waals surface area (Å²) < 4.78 is 21.8. The fourth-order valence-electron chi connectivity index (χ4n) is 3.77. The Morgan fingerprint density at radius 2 is 1.64 bits per heavy atom. The van der Waals surface area contributed by atoms with E-state index in [2.05, 4.69) is 5.32 Å². The normalized spacial score (nSPS) is 15.5. The molecule has 1 aliphatic rings. The minimum atomic E-state index is -0.580. The molecule has 0 spiro atoms. The van der Waals surface area contributed by atoms with E-state index in [1.54, 1.807) is 21.3 Å². The van der Waals surface area contributed by atoms with Gasteiger partial charge in [-0.15, -0.1) is 0 Å². The quantitative estimate of drug-likeness (QED) is 0.793. The number of methoxy groups -OCH3 is 3. The van der Waals surface area contributed by atoms with Crippen LogP contribution in [0.15, 0.2) is 42.5 Å². The van der Waals surface area contributed by atoms with Crippen molar-refractivity contribution in [2.24, 2.45) is 0 Å². The van der Waals surface area contributed by atoms with Gasteiger partial charge in [-0.25, -0.2) is 0 Å². The summed E-state index contributed by atoms with van der Waals surface area (Å²) in [5, 5.41) is 3.10. The number of hydrogen-bond acceptors (Lipinski definition) is 5. The maximum Gasteiger partial charge on any atom is 0.231 e. The first kappa shape index (κ1) is 20.0. The number of ether oxygens (including phenoxy) is 4. The van der Waals surface area contributed by atoms with Crippen molar-refractivity contribution in [2.45, 2.75) is 24.8 Å². The Kier molecular flexibility index (Phi) is 6.41. The first-order valence-electron chi connectivity index (χ1n) is 9.35. The molecule has 0 bridgehead atoms. The van der Waals surface area contributed by atoms with Crippen LogP contribution in [0.1, 0.15) is 24.0 Å². The standard InChI is InChI=1S/C22H27NO5/c1-25-18-10-9-16(19(26-2)20(18)27-3)15-23-21(24)22(11-13-28-14-12-22)17-7-5-4-6-8-17/h4-10H,11-15H2,1-3H3,(H,23,24). The molecule has 2 aromatic carbocycles. The van der Waals surface area contributed by atoms with E-state index < -0.39 is 5.41 Å². The van der Waals surface area contributed by atoms with Gasteiger partial charge >= 0.3 is 0 Å². The number of rotatable bonds is 7. The zero-order chi connectivity index (χ0) is 20.0. The molecule has 1 saturated heterocycles. The van der Waals surface area contributed by atoms with Crippen LogP contribution in [0.5, 0.6) is 17.2 Å². The molecule has 1 heterocycles. The third-order valence-corrected chi connectivity index (χ3v) is 5.33. The highest BCUT2D eigenvalue weighted by Crippen LogP contribution is 2.40. The van der Waals surface area contributed by atoms with Gasteiger partial charge in [0.25, 0.3) is 0 Å². The van der Waals surface area contributed by atoms with E-state index in [0.29, 0.717) is 49.8 Å². The summed E-state index contributed by atoms with van der Waals surface area (Å²) in [7, 11) is 4.72. The number of hydrogen-bond donors (Lipinski definition) is 1. The second-order valence-electron chi connectivity index (χ2n) is 6.74. The fourth-order valence-corrected chi connectivity index (χ4v) is 3.77. The highest BCUT2D eigenvalue weighted by atomic mass is 16.5. The predicted molar refractivity (Wildman–Crippen MR) is 106 cm³/mol. The van der Waals surface area contributed by atoms with Crippen molar-refractivity contribution in [3.63, 3.8) is 0 Å². The number of nitrogens with one attached hydrogen (secondary N) is 1. The molecule has 0 unspecified atom stereocenters. The summed E-state index contributed by atoms with van der Waals surface area (Å²) in [6.07, 6.45) is 1.32. The Hall–Kier alpha value is -2.73. The maximum atomic E-state index is 13.3. The fraction of sp³-hybridized carbons (Fsp3) is 0.409. The Morgan fingerprint density at radius 3 is 2.25 bits per heavy atom. The SMILES string of the molecule is COc1ccc(CNC(=O)C2(c3ccccc3)CCOCC2)c(OC)c1OC. The monoisotopic (exact) mass is 385 g/mol. The largest absolute Gasteiger partial charge is 0.493 e. The summed E-state index contributed by atoms with van der Waals surface area (Å²) in [4.78, 5) is 13.3. The predicted octanol–water partition coefficient (Wildman–Crippen LogP) is 3.08. The second-order valence-corrected chi connectivity index (χ2v) is 6.74. The topological polar surface area (TPSA) is 66.0 Å². The minimum absolute atomic E-state index is 0.00108. The van der Waals surface area contributed by atoms with E-state index in [1.165, 1.54) is 0 Å². The lowest BCUT2D eigenvalue weighted by Crippen LogP contribution is -2.47. The van der Waals surface area contributed by atoms with Crippen molar-refractivity contribution in [1.29, 1.82) is 0 Å². The highest BCUT2D eigenvalue weighted by Gasteiger charge is 2.41. The molecule has 0 aromatic heterocycles. The van der Waals surface area contributed by atoms with Gasteiger partial charge in [0, 0.05) is 25.3 Å². The van der Waals surface area contributed by atoms with E-state index in [4.69, 9.17) is 18.9 Å². The molecule has 28 heavy (non-hydrogen) atoms. The van der Waals surface area contributed by atoms with E-state index in [9.17, 15) is 4.79 Å². The van der Waals surface area contributed by atoms with Gasteiger partial charge in [0.15, 0.2) is 11.5 Å². The smallest absolute Gasteiger partial charge is 0.231 e. The van der Waals surface area contributed by atoms with Crippen molar-refractivity contribution in [1.82, 2.24) is 5.32 Å². The zero-order valence-electron chi connectivity index (χ0n) is 16.6. The molecular weight excluding hydrogens is 358 g/mol. The van der Waals surface area contributed by atoms with E-state index in [1.807, 2.05) is 42.5 Å². The van der Waals surface area contributed by atoms with Crippen LogP contribution >= 0.6 is 0 Å². The highest BCUT2D eigenvalue weighted by molar-refractivity contribution is 5.88. The molecule has 1 aliphatic heterocycles. The third-order valence-electron chi connectivity index (χ3n) is 5.33. The molecule has 0 atom stereocenters. The van der Waals surface area contributed by atoms with Crippen molar-refractivity contribution < 1.29 is 23.7 Å². The van der Waals surface area contributed by atoms with Crippen LogP contribution in [-0.2, 0) is 21.5 Å². The second kappa shape index (κ2) is 8.97. The van der Waals surface area contributed by atoms with Gasteiger partial charge in [-0.1, -0.05) is 30.3 Å². The van der Waals surface area contributed by atoms with Crippen molar-refractivity contribution in [3.05, 3.63) is 53.6 Å². The van der Waals surface area contributed by atoms with Gasteiger partial charge in [-0.2, -0.15) is 0 Å². The van der Waals surface area contributed by atoms with Crippen LogP contribution in [0, 0.1) is 0 Å². The van der Waals surface area contributed by atoms with E-state index in [-0.39, 0.29) is 5.91 Å². The first-order chi connectivity index (χ1) is 13.7. The molecule has 3 rings (SSSR count). The van der Waals surface area contributed by atoms with Gasteiger partial charge in [0.1, 0.15) is 0 Å². The van der Waals surface area contributed by atoms with Crippen LogP contribution in [0.4, 0.5) is 0 Å². The molecule has 0 radical (unpaired) electrons. The van der Waals surface area contributed by atoms with E-state index >= 15 is 0 Å². The van der Waals surface area contributed by atoms with Gasteiger partial charge in [-0.3, -0.25) is 4.79 Å². The van der Waals surface area contributed by atoms with Gasteiger partial charge in [0.05, 0.1) is 26.7 Å². The van der Waals surface area contributed by atoms with Crippen molar-refractivity contribution in [2.75, 3.05) is 34.5 Å². The van der Waals surface area contributed by atoms with Crippen molar-refractivity contribution >= 4 is 5.91 Å². The van der Waals surface area contributed by atoms with Crippen molar-refractivity contribution in [3.8, 4) is 17.2 Å². The summed E-state index contributed by atoms with van der Waals surface area (Å²) in [6.45, 7) is 1.47. The maximum absolute atomic E-state index is 13.3. The van der Waals surface area contributed by atoms with Crippen LogP contribution < -0.4 is 19.5 Å². The Labute approximate surface area is 165 Å². The Balaban J connectivity index is 1.84. The molecule has 150 valence electrons. The zero-order valence-corrected chi connectivity index (χ0v) is 16.6. The number of benzene rings is 2. The van der Waals surface area contributed by atoms with Crippen LogP contribution in [0.3, 0.4) is 0 Å². The first-order valence-corrected chi connectivity index (χ1v) is 9.35. The lowest BCUT2D eigenvalue weighted by atomic mass is 9.73. The average Bonchev–Trinajstić information content (AvgIpc) is 2.77. The molecule has 1 fully saturated rings. The summed E-state index contributed by atoms with van der Waals surface area (Å²) in [5.74, 6) is 1.65. The summed E-state index contributed by atoms with van der Waals surface area (Å²) in [5.41, 5.74) is 1.27. The molecule has 6 nitrogen and oxygen atoms in total. The molecule has 1 N–H and O–H groups in total. The van der Waals surface area contributed by atoms with Crippen LogP contribution in [-0.4, -0.2) is 40.5 Å². The minimum Gasteiger partial charge on any atom is -0.493 e. The molecule has 0 saturated carbocycles. The molecule has 0 aliphatic carbocycles. The Morgan fingerprint density at radius 1 is 0.964 bits per heavy atom. The van der Waals surface area contributed by atoms with Crippen LogP contribution in [0.25, 0.3) is 0 Å². The lowest BCUT2D eigenvalue weighted by Gasteiger charge is -2.36. The number of carbonyl (C=O) groups excluding carboxylic acids is 1. The van der Waals surface area contributed by atoms with E-state index in [0.717, 1.165) is 11.1 Å². The summed E-state index contributed by atoms with van der Waals surface area (Å²) >= 11 is 0. The Bertz CT molecular complexity index is 800. The summed E-state index contributed by atoms with van der Waals surface area (Å²) in [6, 6.07) is 13.6. The van der Waals surface area contributed by atoms with Gasteiger partial charge in [-0.05, 0) is 30.5 Å². The lowest BCUT2D eigenvalue weighted by molar-refractivity contribution is -0.130. The van der Waals surface area contributed by atoms with Crippen LogP contribution in [0.2, 0.25) is 0 Å². The molecular formula is C22H27NO5. The molecule has 2 aromatic rings. The molecule has 6 heteroatoms. The average molecular weight is 385 g/mol. The molecule has 1 amide bonds. The van der Waals surface area contributed by atoms with Gasteiger partial charge < -0.3 is 24.3 Å². The third kappa shape index (κ3) is 3.78. The number of amides is 1. The number of carbonyl (C=O) groups is 1.